The summed E-state index contributed by atoms with van der Waals surface area (Å²) >= 11 is 0. The molecule has 0 radical (unpaired) electrons. The molecule has 1 aliphatic rings. The standard InChI is InChI=1S/C22H23FN4O.ClH/c1-15-20(14-28-2)25-22(24-19-9-7-18(23)8-10-19)26-21(15)27-12-11-16-5-3-4-6-17(16)13-27;/h3-10H,11-14H2,1-2H3,(H,24,25,26);1H. The summed E-state index contributed by atoms with van der Waals surface area (Å²) in [6.45, 7) is 4.16. The molecule has 2 aromatic carbocycles. The lowest BCUT2D eigenvalue weighted by Crippen LogP contribution is -2.32. The summed E-state index contributed by atoms with van der Waals surface area (Å²) in [4.78, 5) is 11.7. The average Bonchev–Trinajstić information content (AvgIpc) is 2.72. The number of fused-ring (bicyclic) bond motifs is 1. The average molecular weight is 415 g/mol. The smallest absolute Gasteiger partial charge is 0.229 e. The number of aromatic nitrogens is 2. The second-order valence-electron chi connectivity index (χ2n) is 6.95. The van der Waals surface area contributed by atoms with Crippen molar-refractivity contribution in [1.29, 1.82) is 0 Å². The monoisotopic (exact) mass is 414 g/mol. The van der Waals surface area contributed by atoms with E-state index >= 15 is 0 Å². The van der Waals surface area contributed by atoms with Gasteiger partial charge in [-0.15, -0.1) is 12.4 Å². The Hall–Kier alpha value is -2.70. The zero-order valence-corrected chi connectivity index (χ0v) is 17.3. The Morgan fingerprint density at radius 3 is 2.52 bits per heavy atom. The molecule has 1 aliphatic heterocycles. The number of hydrogen-bond donors (Lipinski definition) is 1. The van der Waals surface area contributed by atoms with Crippen molar-refractivity contribution < 1.29 is 9.13 Å². The Balaban J connectivity index is 0.00000240. The van der Waals surface area contributed by atoms with Crippen LogP contribution in [0.15, 0.2) is 48.5 Å². The number of methoxy groups -OCH3 is 1. The second kappa shape index (κ2) is 9.20. The summed E-state index contributed by atoms with van der Waals surface area (Å²) in [6.07, 6.45) is 0.986. The highest BCUT2D eigenvalue weighted by Gasteiger charge is 2.21. The van der Waals surface area contributed by atoms with Crippen molar-refractivity contribution in [1.82, 2.24) is 9.97 Å². The van der Waals surface area contributed by atoms with Gasteiger partial charge >= 0.3 is 0 Å². The molecule has 0 amide bonds. The van der Waals surface area contributed by atoms with Gasteiger partial charge in [-0.05, 0) is 48.7 Å². The molecule has 5 nitrogen and oxygen atoms in total. The minimum Gasteiger partial charge on any atom is -0.378 e. The third kappa shape index (κ3) is 4.66. The number of nitrogens with zero attached hydrogens (tertiary/aromatic N) is 3. The fraction of sp³-hybridized carbons (Fsp3) is 0.273. The molecule has 0 bridgehead atoms. The van der Waals surface area contributed by atoms with Crippen molar-refractivity contribution in [2.45, 2.75) is 26.5 Å². The fourth-order valence-corrected chi connectivity index (χ4v) is 3.53. The number of halogens is 2. The van der Waals surface area contributed by atoms with Crippen LogP contribution in [0.5, 0.6) is 0 Å². The number of nitrogens with one attached hydrogen (secondary N) is 1. The second-order valence-corrected chi connectivity index (χ2v) is 6.95. The van der Waals surface area contributed by atoms with E-state index in [-0.39, 0.29) is 18.2 Å². The Morgan fingerprint density at radius 1 is 1.07 bits per heavy atom. The lowest BCUT2D eigenvalue weighted by Gasteiger charge is -2.31. The summed E-state index contributed by atoms with van der Waals surface area (Å²) in [5.41, 5.74) is 5.32. The van der Waals surface area contributed by atoms with Gasteiger partial charge in [-0.2, -0.15) is 4.98 Å². The molecule has 29 heavy (non-hydrogen) atoms. The number of hydrogen-bond acceptors (Lipinski definition) is 5. The van der Waals surface area contributed by atoms with E-state index in [1.807, 2.05) is 6.92 Å². The van der Waals surface area contributed by atoms with Crippen LogP contribution >= 0.6 is 12.4 Å². The molecule has 3 aromatic rings. The molecular weight excluding hydrogens is 391 g/mol. The first-order chi connectivity index (χ1) is 13.6. The molecule has 1 N–H and O–H groups in total. The topological polar surface area (TPSA) is 50.3 Å². The predicted molar refractivity (Wildman–Crippen MR) is 116 cm³/mol. The van der Waals surface area contributed by atoms with Gasteiger partial charge in [-0.3, -0.25) is 0 Å². The Bertz CT molecular complexity index is 981. The van der Waals surface area contributed by atoms with Crippen LogP contribution in [0.4, 0.5) is 21.8 Å². The molecule has 0 aliphatic carbocycles. The number of anilines is 3. The lowest BCUT2D eigenvalue weighted by atomic mass is 9.99. The molecule has 0 saturated carbocycles. The van der Waals surface area contributed by atoms with E-state index in [1.54, 1.807) is 19.2 Å². The van der Waals surface area contributed by atoms with Crippen molar-refractivity contribution in [2.75, 3.05) is 23.9 Å². The van der Waals surface area contributed by atoms with Crippen LogP contribution in [0.2, 0.25) is 0 Å². The first kappa shape index (κ1) is 21.0. The Labute approximate surface area is 176 Å². The van der Waals surface area contributed by atoms with Crippen molar-refractivity contribution in [3.8, 4) is 0 Å². The highest BCUT2D eigenvalue weighted by atomic mass is 35.5. The summed E-state index contributed by atoms with van der Waals surface area (Å²) in [7, 11) is 1.66. The minimum atomic E-state index is -0.275. The molecule has 1 aromatic heterocycles. The van der Waals surface area contributed by atoms with Crippen LogP contribution in [0.25, 0.3) is 0 Å². The quantitative estimate of drug-likeness (QED) is 0.650. The molecule has 0 fully saturated rings. The van der Waals surface area contributed by atoms with Gasteiger partial charge < -0.3 is 15.0 Å². The van der Waals surface area contributed by atoms with Crippen LogP contribution in [0.3, 0.4) is 0 Å². The molecule has 0 unspecified atom stereocenters. The van der Waals surface area contributed by atoms with Gasteiger partial charge in [0.2, 0.25) is 5.95 Å². The van der Waals surface area contributed by atoms with Crippen LogP contribution < -0.4 is 10.2 Å². The summed E-state index contributed by atoms with van der Waals surface area (Å²) in [5.74, 6) is 1.11. The van der Waals surface area contributed by atoms with Gasteiger partial charge in [-0.25, -0.2) is 9.37 Å². The minimum absolute atomic E-state index is 0. The lowest BCUT2D eigenvalue weighted by molar-refractivity contribution is 0.181. The highest BCUT2D eigenvalue weighted by molar-refractivity contribution is 5.85. The molecule has 0 spiro atoms. The highest BCUT2D eigenvalue weighted by Crippen LogP contribution is 2.28. The van der Waals surface area contributed by atoms with Crippen LogP contribution in [-0.2, 0) is 24.3 Å². The van der Waals surface area contributed by atoms with Crippen molar-refractivity contribution in [2.24, 2.45) is 0 Å². The largest absolute Gasteiger partial charge is 0.378 e. The van der Waals surface area contributed by atoms with Gasteiger partial charge in [0, 0.05) is 31.5 Å². The Kier molecular flexibility index (Phi) is 6.67. The summed E-state index contributed by atoms with van der Waals surface area (Å²) in [6, 6.07) is 14.7. The van der Waals surface area contributed by atoms with E-state index in [0.29, 0.717) is 12.6 Å². The van der Waals surface area contributed by atoms with E-state index in [9.17, 15) is 4.39 Å². The first-order valence-electron chi connectivity index (χ1n) is 9.35. The van der Waals surface area contributed by atoms with E-state index in [0.717, 1.165) is 42.3 Å². The maximum Gasteiger partial charge on any atom is 0.229 e. The molecule has 4 rings (SSSR count). The normalized spacial score (nSPS) is 12.9. The van der Waals surface area contributed by atoms with Gasteiger partial charge in [0.25, 0.3) is 0 Å². The first-order valence-corrected chi connectivity index (χ1v) is 9.35. The number of ether oxygens (including phenoxy) is 1. The SMILES string of the molecule is COCc1nc(Nc2ccc(F)cc2)nc(N2CCc3ccccc3C2)c1C.Cl. The summed E-state index contributed by atoms with van der Waals surface area (Å²) < 4.78 is 18.5. The number of rotatable bonds is 5. The third-order valence-corrected chi connectivity index (χ3v) is 5.03. The third-order valence-electron chi connectivity index (χ3n) is 5.03. The van der Waals surface area contributed by atoms with E-state index in [4.69, 9.17) is 9.72 Å². The van der Waals surface area contributed by atoms with E-state index < -0.39 is 0 Å². The van der Waals surface area contributed by atoms with Gasteiger partial charge in [-0.1, -0.05) is 24.3 Å². The maximum atomic E-state index is 13.2. The van der Waals surface area contributed by atoms with Crippen LogP contribution in [-0.4, -0.2) is 23.6 Å². The van der Waals surface area contributed by atoms with Crippen molar-refractivity contribution >= 4 is 29.9 Å². The Morgan fingerprint density at radius 2 is 1.79 bits per heavy atom. The zero-order valence-electron chi connectivity index (χ0n) is 16.5. The molecule has 0 saturated heterocycles. The van der Waals surface area contributed by atoms with Crippen LogP contribution in [0.1, 0.15) is 22.4 Å². The molecule has 0 atom stereocenters. The summed E-state index contributed by atoms with van der Waals surface area (Å²) in [5, 5.41) is 3.18. The number of benzene rings is 2. The van der Waals surface area contributed by atoms with Gasteiger partial charge in [0.15, 0.2) is 0 Å². The predicted octanol–water partition coefficient (Wildman–Crippen LogP) is 4.80. The molecule has 152 valence electrons. The fourth-order valence-electron chi connectivity index (χ4n) is 3.53. The van der Waals surface area contributed by atoms with Crippen LogP contribution in [0, 0.1) is 12.7 Å². The van der Waals surface area contributed by atoms with Gasteiger partial charge in [0.05, 0.1) is 12.3 Å². The van der Waals surface area contributed by atoms with Crippen molar-refractivity contribution in [3.05, 3.63) is 76.7 Å². The van der Waals surface area contributed by atoms with Crippen molar-refractivity contribution in [3.63, 3.8) is 0 Å². The molecule has 2 heterocycles. The molecular formula is C22H24ClFN4O. The van der Waals surface area contributed by atoms with Gasteiger partial charge in [0.1, 0.15) is 11.6 Å². The van der Waals surface area contributed by atoms with E-state index in [1.165, 1.54) is 23.3 Å². The molecule has 7 heteroatoms. The zero-order chi connectivity index (χ0) is 19.5. The van der Waals surface area contributed by atoms with E-state index in [2.05, 4.69) is 39.5 Å². The maximum absolute atomic E-state index is 13.2.